The zero-order chi connectivity index (χ0) is 15.3. The Balaban J connectivity index is 1.96. The Hall–Kier alpha value is -0.0800. The standard InChI is InChI=1S/C19H38O2/c1-2-3-4-5-6-7-8-9-10-17-11-13-18(14-12-17)19(15-20)16-21/h17-21H,2-16H2,1H3. The first-order chi connectivity index (χ1) is 10.3. The number of hydrogen-bond donors (Lipinski definition) is 2. The summed E-state index contributed by atoms with van der Waals surface area (Å²) in [6, 6.07) is 0. The number of unbranched alkanes of at least 4 members (excludes halogenated alkanes) is 7. The van der Waals surface area contributed by atoms with Crippen LogP contribution in [0.25, 0.3) is 0 Å². The van der Waals surface area contributed by atoms with Crippen LogP contribution >= 0.6 is 0 Å². The van der Waals surface area contributed by atoms with Crippen molar-refractivity contribution in [2.45, 2.75) is 90.4 Å². The number of aliphatic hydroxyl groups excluding tert-OH is 2. The van der Waals surface area contributed by atoms with Gasteiger partial charge in [0.2, 0.25) is 0 Å². The summed E-state index contributed by atoms with van der Waals surface area (Å²) in [5, 5.41) is 18.5. The van der Waals surface area contributed by atoms with Gasteiger partial charge in [-0.1, -0.05) is 77.6 Å². The fraction of sp³-hybridized carbons (Fsp3) is 1.00. The second kappa shape index (κ2) is 12.5. The van der Waals surface area contributed by atoms with Crippen molar-refractivity contribution in [3.63, 3.8) is 0 Å². The molecule has 2 N–H and O–H groups in total. The minimum absolute atomic E-state index is 0.133. The third kappa shape index (κ3) is 8.21. The summed E-state index contributed by atoms with van der Waals surface area (Å²) in [6.45, 7) is 2.59. The van der Waals surface area contributed by atoms with Gasteiger partial charge in [0.15, 0.2) is 0 Å². The Morgan fingerprint density at radius 2 is 1.29 bits per heavy atom. The van der Waals surface area contributed by atoms with Gasteiger partial charge in [0, 0.05) is 19.1 Å². The fourth-order valence-corrected chi connectivity index (χ4v) is 3.87. The smallest absolute Gasteiger partial charge is 0.0483 e. The molecule has 1 aliphatic rings. The molecule has 1 fully saturated rings. The quantitative estimate of drug-likeness (QED) is 0.502. The second-order valence-electron chi connectivity index (χ2n) is 7.17. The Bertz CT molecular complexity index is 218. The highest BCUT2D eigenvalue weighted by atomic mass is 16.3. The van der Waals surface area contributed by atoms with Gasteiger partial charge in [-0.15, -0.1) is 0 Å². The average Bonchev–Trinajstić information content (AvgIpc) is 2.52. The predicted octanol–water partition coefficient (Wildman–Crippen LogP) is 4.92. The largest absolute Gasteiger partial charge is 0.396 e. The zero-order valence-electron chi connectivity index (χ0n) is 14.2. The summed E-state index contributed by atoms with van der Waals surface area (Å²) < 4.78 is 0. The molecular formula is C19H38O2. The van der Waals surface area contributed by atoms with Crippen molar-refractivity contribution < 1.29 is 10.2 Å². The van der Waals surface area contributed by atoms with E-state index < -0.39 is 0 Å². The molecule has 0 aromatic heterocycles. The van der Waals surface area contributed by atoms with Crippen LogP contribution in [0.3, 0.4) is 0 Å². The molecule has 0 heterocycles. The molecule has 0 unspecified atom stereocenters. The van der Waals surface area contributed by atoms with E-state index in [4.69, 9.17) is 0 Å². The summed E-state index contributed by atoms with van der Waals surface area (Å²) in [4.78, 5) is 0. The minimum Gasteiger partial charge on any atom is -0.396 e. The molecule has 1 rings (SSSR count). The number of rotatable bonds is 12. The first-order valence-corrected chi connectivity index (χ1v) is 9.53. The first-order valence-electron chi connectivity index (χ1n) is 9.53. The molecule has 2 heteroatoms. The molecule has 0 aromatic carbocycles. The topological polar surface area (TPSA) is 40.5 Å². The van der Waals surface area contributed by atoms with Crippen LogP contribution < -0.4 is 0 Å². The van der Waals surface area contributed by atoms with Gasteiger partial charge in [-0.2, -0.15) is 0 Å². The van der Waals surface area contributed by atoms with Gasteiger partial charge in [0.1, 0.15) is 0 Å². The SMILES string of the molecule is CCCCCCCCCCC1CCC(C(CO)CO)CC1. The van der Waals surface area contributed by atoms with Crippen LogP contribution in [0, 0.1) is 17.8 Å². The molecule has 0 aromatic rings. The van der Waals surface area contributed by atoms with Crippen LogP contribution in [0.4, 0.5) is 0 Å². The van der Waals surface area contributed by atoms with Gasteiger partial charge >= 0.3 is 0 Å². The molecule has 0 saturated heterocycles. The van der Waals surface area contributed by atoms with Crippen LogP contribution in [0.15, 0.2) is 0 Å². The van der Waals surface area contributed by atoms with Gasteiger partial charge in [0.25, 0.3) is 0 Å². The molecule has 0 bridgehead atoms. The van der Waals surface area contributed by atoms with Crippen LogP contribution in [-0.2, 0) is 0 Å². The van der Waals surface area contributed by atoms with Crippen LogP contribution in [-0.4, -0.2) is 23.4 Å². The van der Waals surface area contributed by atoms with E-state index in [9.17, 15) is 10.2 Å². The van der Waals surface area contributed by atoms with Gasteiger partial charge in [0.05, 0.1) is 0 Å². The van der Waals surface area contributed by atoms with E-state index >= 15 is 0 Å². The van der Waals surface area contributed by atoms with Crippen molar-refractivity contribution in [3.05, 3.63) is 0 Å². The Kier molecular flexibility index (Phi) is 11.3. The molecule has 1 saturated carbocycles. The maximum absolute atomic E-state index is 9.26. The highest BCUT2D eigenvalue weighted by molar-refractivity contribution is 4.77. The van der Waals surface area contributed by atoms with Crippen LogP contribution in [0.2, 0.25) is 0 Å². The van der Waals surface area contributed by atoms with Crippen molar-refractivity contribution in [2.24, 2.45) is 17.8 Å². The maximum atomic E-state index is 9.26. The molecule has 0 aliphatic heterocycles. The zero-order valence-corrected chi connectivity index (χ0v) is 14.2. The van der Waals surface area contributed by atoms with Crippen molar-refractivity contribution >= 4 is 0 Å². The monoisotopic (exact) mass is 298 g/mol. The Morgan fingerprint density at radius 3 is 1.81 bits per heavy atom. The van der Waals surface area contributed by atoms with Gasteiger partial charge in [-0.25, -0.2) is 0 Å². The average molecular weight is 299 g/mol. The van der Waals surface area contributed by atoms with Crippen molar-refractivity contribution in [1.29, 1.82) is 0 Å². The summed E-state index contributed by atoms with van der Waals surface area (Å²) in [7, 11) is 0. The van der Waals surface area contributed by atoms with E-state index in [1.165, 1.54) is 83.5 Å². The Labute approximate surface area is 132 Å². The van der Waals surface area contributed by atoms with E-state index in [2.05, 4.69) is 6.92 Å². The number of aliphatic hydroxyl groups is 2. The molecule has 21 heavy (non-hydrogen) atoms. The number of hydrogen-bond acceptors (Lipinski definition) is 2. The molecule has 0 atom stereocenters. The normalized spacial score (nSPS) is 22.9. The molecule has 0 radical (unpaired) electrons. The first kappa shape index (κ1) is 19.0. The van der Waals surface area contributed by atoms with E-state index in [-0.39, 0.29) is 19.1 Å². The van der Waals surface area contributed by atoms with Crippen LogP contribution in [0.5, 0.6) is 0 Å². The fourth-order valence-electron chi connectivity index (χ4n) is 3.87. The summed E-state index contributed by atoms with van der Waals surface area (Å²) >= 11 is 0. The molecule has 2 nitrogen and oxygen atoms in total. The highest BCUT2D eigenvalue weighted by Crippen LogP contribution is 2.35. The highest BCUT2D eigenvalue weighted by Gasteiger charge is 2.26. The van der Waals surface area contributed by atoms with Crippen molar-refractivity contribution in [2.75, 3.05) is 13.2 Å². The van der Waals surface area contributed by atoms with Crippen molar-refractivity contribution in [3.8, 4) is 0 Å². The lowest BCUT2D eigenvalue weighted by molar-refractivity contribution is 0.0781. The summed E-state index contributed by atoms with van der Waals surface area (Å²) in [5.74, 6) is 1.61. The summed E-state index contributed by atoms with van der Waals surface area (Å²) in [5.41, 5.74) is 0. The lowest BCUT2D eigenvalue weighted by atomic mass is 9.75. The van der Waals surface area contributed by atoms with Gasteiger partial charge in [-0.05, 0) is 24.7 Å². The molecule has 1 aliphatic carbocycles. The lowest BCUT2D eigenvalue weighted by Gasteiger charge is -2.32. The van der Waals surface area contributed by atoms with E-state index in [1.807, 2.05) is 0 Å². The van der Waals surface area contributed by atoms with Crippen molar-refractivity contribution in [1.82, 2.24) is 0 Å². The predicted molar refractivity (Wildman–Crippen MR) is 90.3 cm³/mol. The minimum atomic E-state index is 0.133. The third-order valence-electron chi connectivity index (χ3n) is 5.49. The van der Waals surface area contributed by atoms with E-state index in [0.29, 0.717) is 5.92 Å². The molecule has 0 amide bonds. The maximum Gasteiger partial charge on any atom is 0.0483 e. The second-order valence-corrected chi connectivity index (χ2v) is 7.17. The third-order valence-corrected chi connectivity index (χ3v) is 5.49. The molecule has 126 valence electrons. The lowest BCUT2D eigenvalue weighted by Crippen LogP contribution is -2.26. The van der Waals surface area contributed by atoms with Gasteiger partial charge in [-0.3, -0.25) is 0 Å². The summed E-state index contributed by atoms with van der Waals surface area (Å²) in [6.07, 6.45) is 17.8. The van der Waals surface area contributed by atoms with Crippen LogP contribution in [0.1, 0.15) is 90.4 Å². The van der Waals surface area contributed by atoms with E-state index in [1.54, 1.807) is 0 Å². The van der Waals surface area contributed by atoms with E-state index in [0.717, 1.165) is 5.92 Å². The Morgan fingerprint density at radius 1 is 0.762 bits per heavy atom. The molecule has 0 spiro atoms. The molecular weight excluding hydrogens is 260 g/mol. The van der Waals surface area contributed by atoms with Gasteiger partial charge < -0.3 is 10.2 Å².